The Kier molecular flexibility index (Phi) is 5.81. The quantitative estimate of drug-likeness (QED) is 0.345. The van der Waals surface area contributed by atoms with Crippen LogP contribution in [0.15, 0.2) is 18.2 Å². The number of quaternary nitrogens is 1. The van der Waals surface area contributed by atoms with E-state index in [-0.39, 0.29) is 17.1 Å². The molecule has 0 fully saturated rings. The number of rotatable bonds is 8. The highest BCUT2D eigenvalue weighted by Crippen LogP contribution is 2.28. The van der Waals surface area contributed by atoms with Crippen molar-refractivity contribution in [2.45, 2.75) is 13.0 Å². The Morgan fingerprint density at radius 3 is 2.60 bits per heavy atom. The molecule has 0 unspecified atom stereocenters. The summed E-state index contributed by atoms with van der Waals surface area (Å²) >= 11 is 0. The van der Waals surface area contributed by atoms with Crippen LogP contribution in [0.25, 0.3) is 0 Å². The predicted molar refractivity (Wildman–Crippen MR) is 71.6 cm³/mol. The third-order valence-corrected chi connectivity index (χ3v) is 2.56. The number of anilines is 1. The van der Waals surface area contributed by atoms with E-state index in [1.54, 1.807) is 6.92 Å². The number of nitro groups is 2. The van der Waals surface area contributed by atoms with E-state index < -0.39 is 16.0 Å². The van der Waals surface area contributed by atoms with Crippen LogP contribution in [0.3, 0.4) is 0 Å². The fourth-order valence-electron chi connectivity index (χ4n) is 1.60. The highest BCUT2D eigenvalue weighted by atomic mass is 16.6. The minimum absolute atomic E-state index is 0.242. The standard InChI is InChI=1S/C11H16N4O5/c1-8(16)7-12-4-5-13-10-3-2-9(14(17)18)6-11(10)15(19)20/h2-3,6,8,12-13,16H,4-5,7H2,1H3/p+1/t8-/m0/s1. The van der Waals surface area contributed by atoms with Gasteiger partial charge < -0.3 is 15.7 Å². The van der Waals surface area contributed by atoms with Crippen molar-refractivity contribution in [1.82, 2.24) is 0 Å². The second-order valence-corrected chi connectivity index (χ2v) is 4.30. The van der Waals surface area contributed by atoms with E-state index in [0.717, 1.165) is 6.07 Å². The number of aliphatic hydroxyl groups excluding tert-OH is 1. The smallest absolute Gasteiger partial charge is 0.299 e. The highest BCUT2D eigenvalue weighted by Gasteiger charge is 2.19. The number of nitrogens with two attached hydrogens (primary N) is 1. The molecule has 4 N–H and O–H groups in total. The van der Waals surface area contributed by atoms with E-state index >= 15 is 0 Å². The van der Waals surface area contributed by atoms with Crippen molar-refractivity contribution >= 4 is 17.1 Å². The summed E-state index contributed by atoms with van der Waals surface area (Å²) in [5.74, 6) is 0. The lowest BCUT2D eigenvalue weighted by Gasteiger charge is -2.07. The molecule has 1 rings (SSSR count). The molecule has 0 saturated carbocycles. The molecule has 0 aromatic heterocycles. The molecule has 0 spiro atoms. The summed E-state index contributed by atoms with van der Waals surface area (Å²) in [6.45, 7) is 3.29. The lowest BCUT2D eigenvalue weighted by atomic mass is 10.2. The van der Waals surface area contributed by atoms with E-state index in [9.17, 15) is 20.2 Å². The van der Waals surface area contributed by atoms with Gasteiger partial charge >= 0.3 is 0 Å². The Labute approximate surface area is 114 Å². The number of benzene rings is 1. The molecule has 1 aromatic carbocycles. The van der Waals surface area contributed by atoms with Crippen molar-refractivity contribution < 1.29 is 20.3 Å². The molecule has 0 saturated heterocycles. The van der Waals surface area contributed by atoms with Gasteiger partial charge in [-0.25, -0.2) is 0 Å². The molecule has 0 bridgehead atoms. The minimum Gasteiger partial charge on any atom is -0.388 e. The van der Waals surface area contributed by atoms with Crippen molar-refractivity contribution in [3.63, 3.8) is 0 Å². The number of nitrogens with zero attached hydrogens (tertiary/aromatic N) is 2. The van der Waals surface area contributed by atoms with Crippen LogP contribution in [-0.2, 0) is 0 Å². The largest absolute Gasteiger partial charge is 0.388 e. The van der Waals surface area contributed by atoms with E-state index in [1.165, 1.54) is 12.1 Å². The SMILES string of the molecule is C[C@H](O)C[NH2+]CCNc1ccc([N+](=O)[O-])cc1[N+](=O)[O-]. The topological polar surface area (TPSA) is 135 Å². The molecule has 0 amide bonds. The van der Waals surface area contributed by atoms with Crippen LogP contribution in [0.1, 0.15) is 6.92 Å². The number of hydrogen-bond acceptors (Lipinski definition) is 6. The third kappa shape index (κ3) is 4.78. The average molecular weight is 285 g/mol. The van der Waals surface area contributed by atoms with Crippen molar-refractivity contribution in [2.24, 2.45) is 0 Å². The molecule has 0 heterocycles. The van der Waals surface area contributed by atoms with Crippen molar-refractivity contribution in [3.8, 4) is 0 Å². The summed E-state index contributed by atoms with van der Waals surface area (Å²) in [5.41, 5.74) is -0.399. The molecule has 20 heavy (non-hydrogen) atoms. The number of non-ortho nitro benzene ring substituents is 1. The first kappa shape index (κ1) is 15.8. The van der Waals surface area contributed by atoms with Crippen LogP contribution in [0.2, 0.25) is 0 Å². The van der Waals surface area contributed by atoms with Gasteiger partial charge in [-0.1, -0.05) is 0 Å². The predicted octanol–water partition coefficient (Wildman–Crippen LogP) is -0.141. The molecule has 0 aliphatic heterocycles. The molecule has 1 aromatic rings. The summed E-state index contributed by atoms with van der Waals surface area (Å²) in [4.78, 5) is 20.1. The molecule has 1 atom stereocenters. The lowest BCUT2D eigenvalue weighted by molar-refractivity contribution is -0.657. The Morgan fingerprint density at radius 1 is 1.35 bits per heavy atom. The second-order valence-electron chi connectivity index (χ2n) is 4.30. The first-order valence-electron chi connectivity index (χ1n) is 6.08. The van der Waals surface area contributed by atoms with Crippen LogP contribution in [0.4, 0.5) is 17.1 Å². The van der Waals surface area contributed by atoms with E-state index in [0.29, 0.717) is 19.6 Å². The molecular weight excluding hydrogens is 268 g/mol. The van der Waals surface area contributed by atoms with Gasteiger partial charge in [0.05, 0.1) is 35.1 Å². The third-order valence-electron chi connectivity index (χ3n) is 2.56. The second kappa shape index (κ2) is 7.36. The average Bonchev–Trinajstić information content (AvgIpc) is 2.37. The summed E-state index contributed by atoms with van der Waals surface area (Å²) in [6.07, 6.45) is -0.413. The van der Waals surface area contributed by atoms with Crippen LogP contribution < -0.4 is 10.6 Å². The van der Waals surface area contributed by atoms with Gasteiger partial charge in [0.1, 0.15) is 12.2 Å². The number of hydrogen-bond donors (Lipinski definition) is 3. The highest BCUT2D eigenvalue weighted by molar-refractivity contribution is 5.65. The van der Waals surface area contributed by atoms with E-state index in [2.05, 4.69) is 5.32 Å². The maximum absolute atomic E-state index is 10.9. The number of aliphatic hydroxyl groups is 1. The van der Waals surface area contributed by atoms with Gasteiger partial charge in [0.25, 0.3) is 11.4 Å². The zero-order valence-electron chi connectivity index (χ0n) is 11.0. The van der Waals surface area contributed by atoms with Gasteiger partial charge in [0.2, 0.25) is 0 Å². The molecule has 9 nitrogen and oxygen atoms in total. The van der Waals surface area contributed by atoms with Gasteiger partial charge in [-0.15, -0.1) is 0 Å². The van der Waals surface area contributed by atoms with Crippen LogP contribution in [-0.4, -0.2) is 40.7 Å². The number of nitro benzene ring substituents is 2. The fraction of sp³-hybridized carbons (Fsp3) is 0.455. The van der Waals surface area contributed by atoms with Gasteiger partial charge in [0.15, 0.2) is 0 Å². The summed E-state index contributed by atoms with van der Waals surface area (Å²) < 4.78 is 0. The van der Waals surface area contributed by atoms with Crippen molar-refractivity contribution in [1.29, 1.82) is 0 Å². The summed E-state index contributed by atoms with van der Waals surface area (Å²) in [6, 6.07) is 3.47. The maximum atomic E-state index is 10.9. The Morgan fingerprint density at radius 2 is 2.05 bits per heavy atom. The van der Waals surface area contributed by atoms with Crippen molar-refractivity contribution in [3.05, 3.63) is 38.4 Å². The minimum atomic E-state index is -0.673. The zero-order chi connectivity index (χ0) is 15.1. The molecule has 110 valence electrons. The molecule has 0 aliphatic rings. The van der Waals surface area contributed by atoms with E-state index in [4.69, 9.17) is 5.11 Å². The van der Waals surface area contributed by atoms with E-state index in [1.807, 2.05) is 5.32 Å². The Bertz CT molecular complexity index is 492. The van der Waals surface area contributed by atoms with Crippen LogP contribution in [0, 0.1) is 20.2 Å². The number of nitrogens with one attached hydrogen (secondary N) is 1. The molecular formula is C11H17N4O5+. The zero-order valence-corrected chi connectivity index (χ0v) is 11.0. The summed E-state index contributed by atoms with van der Waals surface area (Å²) in [5, 5.41) is 35.3. The lowest BCUT2D eigenvalue weighted by Crippen LogP contribution is -2.87. The molecule has 9 heteroatoms. The van der Waals surface area contributed by atoms with Crippen LogP contribution >= 0.6 is 0 Å². The van der Waals surface area contributed by atoms with Gasteiger partial charge in [-0.3, -0.25) is 20.2 Å². The monoisotopic (exact) mass is 285 g/mol. The van der Waals surface area contributed by atoms with Gasteiger partial charge in [0, 0.05) is 6.07 Å². The first-order valence-corrected chi connectivity index (χ1v) is 6.08. The first-order chi connectivity index (χ1) is 9.41. The molecule has 0 aliphatic carbocycles. The molecule has 0 radical (unpaired) electrons. The van der Waals surface area contributed by atoms with Gasteiger partial charge in [-0.05, 0) is 13.0 Å². The maximum Gasteiger partial charge on any atom is 0.299 e. The van der Waals surface area contributed by atoms with Crippen molar-refractivity contribution in [2.75, 3.05) is 25.0 Å². The summed E-state index contributed by atoms with van der Waals surface area (Å²) in [7, 11) is 0. The van der Waals surface area contributed by atoms with Crippen LogP contribution in [0.5, 0.6) is 0 Å². The van der Waals surface area contributed by atoms with Gasteiger partial charge in [-0.2, -0.15) is 0 Å². The normalized spacial score (nSPS) is 11.9. The Hall–Kier alpha value is -2.26. The Balaban J connectivity index is 2.65. The fourth-order valence-corrected chi connectivity index (χ4v) is 1.60.